The molecule has 0 bridgehead atoms. The summed E-state index contributed by atoms with van der Waals surface area (Å²) in [5.74, 6) is 0. The molecular formula is C53H33N3O. The summed E-state index contributed by atoms with van der Waals surface area (Å²) in [5.41, 5.74) is 15.5. The predicted octanol–water partition coefficient (Wildman–Crippen LogP) is 14.2. The molecule has 0 saturated carbocycles. The number of benzene rings is 8. The van der Waals surface area contributed by atoms with Gasteiger partial charge >= 0.3 is 0 Å². The molecular weight excluding hydrogens is 695 g/mol. The summed E-state index contributed by atoms with van der Waals surface area (Å²) in [6.45, 7) is 0. The van der Waals surface area contributed by atoms with E-state index >= 15 is 0 Å². The number of aromatic nitrogens is 3. The first-order valence-corrected chi connectivity index (χ1v) is 19.3. The maximum absolute atomic E-state index is 6.39. The Morgan fingerprint density at radius 2 is 0.772 bits per heavy atom. The van der Waals surface area contributed by atoms with Crippen molar-refractivity contribution in [1.82, 2.24) is 14.1 Å². The quantitative estimate of drug-likeness (QED) is 0.177. The summed E-state index contributed by atoms with van der Waals surface area (Å²) < 4.78 is 11.1. The Balaban J connectivity index is 0.924. The highest BCUT2D eigenvalue weighted by Gasteiger charge is 2.16. The molecule has 0 saturated heterocycles. The van der Waals surface area contributed by atoms with Gasteiger partial charge in [0.2, 0.25) is 0 Å². The molecule has 0 aliphatic heterocycles. The first kappa shape index (κ1) is 31.6. The SMILES string of the molecule is c1ccc(-n2c3ccccc3c3cc(-c4cccc(-c5cncc(-c6ccc7oc8ccc(-n9c%10ccccc%10c%10ccccc%109)cc8c7c6)c5)c4)ccc32)cc1. The molecule has 0 N–H and O–H groups in total. The summed E-state index contributed by atoms with van der Waals surface area (Å²) >= 11 is 0. The van der Waals surface area contributed by atoms with E-state index in [2.05, 4.69) is 197 Å². The molecule has 0 atom stereocenters. The van der Waals surface area contributed by atoms with Crippen molar-refractivity contribution in [3.63, 3.8) is 0 Å². The van der Waals surface area contributed by atoms with E-state index < -0.39 is 0 Å². The molecule has 0 aliphatic rings. The van der Waals surface area contributed by atoms with Crippen LogP contribution in [0.5, 0.6) is 0 Å². The molecule has 0 fully saturated rings. The fraction of sp³-hybridized carbons (Fsp3) is 0. The van der Waals surface area contributed by atoms with Gasteiger partial charge in [-0.25, -0.2) is 0 Å². The van der Waals surface area contributed by atoms with Crippen molar-refractivity contribution in [3.8, 4) is 44.8 Å². The Kier molecular flexibility index (Phi) is 6.89. The van der Waals surface area contributed by atoms with Gasteiger partial charge in [0.05, 0.1) is 22.1 Å². The number of hydrogen-bond acceptors (Lipinski definition) is 2. The molecule has 12 aromatic rings. The molecule has 0 unspecified atom stereocenters. The van der Waals surface area contributed by atoms with Gasteiger partial charge in [0.1, 0.15) is 11.2 Å². The number of hydrogen-bond donors (Lipinski definition) is 0. The van der Waals surface area contributed by atoms with Crippen LogP contribution in [0.4, 0.5) is 0 Å². The normalized spacial score (nSPS) is 11.9. The third kappa shape index (κ3) is 4.98. The van der Waals surface area contributed by atoms with Crippen LogP contribution in [-0.4, -0.2) is 14.1 Å². The second kappa shape index (κ2) is 12.4. The van der Waals surface area contributed by atoms with Gasteiger partial charge in [-0.3, -0.25) is 4.98 Å². The van der Waals surface area contributed by atoms with Crippen molar-refractivity contribution < 1.29 is 4.42 Å². The van der Waals surface area contributed by atoms with Crippen molar-refractivity contribution in [2.75, 3.05) is 0 Å². The largest absolute Gasteiger partial charge is 0.456 e. The minimum atomic E-state index is 0.869. The molecule has 4 aromatic heterocycles. The lowest BCUT2D eigenvalue weighted by molar-refractivity contribution is 0.669. The Morgan fingerprint density at radius 1 is 0.298 bits per heavy atom. The van der Waals surface area contributed by atoms with Crippen LogP contribution in [0.15, 0.2) is 205 Å². The second-order valence-electron chi connectivity index (χ2n) is 14.8. The van der Waals surface area contributed by atoms with Crippen LogP contribution in [-0.2, 0) is 0 Å². The summed E-state index contributed by atoms with van der Waals surface area (Å²) in [4.78, 5) is 4.75. The Hall–Kier alpha value is -7.69. The lowest BCUT2D eigenvalue weighted by Gasteiger charge is -2.10. The summed E-state index contributed by atoms with van der Waals surface area (Å²) in [7, 11) is 0. The first-order valence-electron chi connectivity index (χ1n) is 19.3. The molecule has 4 heterocycles. The molecule has 57 heavy (non-hydrogen) atoms. The van der Waals surface area contributed by atoms with Crippen molar-refractivity contribution in [3.05, 3.63) is 200 Å². The highest BCUT2D eigenvalue weighted by molar-refractivity contribution is 6.12. The van der Waals surface area contributed by atoms with Gasteiger partial charge in [-0.1, -0.05) is 103 Å². The second-order valence-corrected chi connectivity index (χ2v) is 14.8. The minimum Gasteiger partial charge on any atom is -0.456 e. The summed E-state index contributed by atoms with van der Waals surface area (Å²) in [6, 6.07) is 67.4. The van der Waals surface area contributed by atoms with Crippen LogP contribution >= 0.6 is 0 Å². The van der Waals surface area contributed by atoms with Gasteiger partial charge in [-0.2, -0.15) is 0 Å². The van der Waals surface area contributed by atoms with Crippen molar-refractivity contribution >= 4 is 65.6 Å². The Labute approximate surface area is 328 Å². The van der Waals surface area contributed by atoms with Gasteiger partial charge in [0.15, 0.2) is 0 Å². The van der Waals surface area contributed by atoms with Gasteiger partial charge in [-0.05, 0) is 107 Å². The Morgan fingerprint density at radius 3 is 1.47 bits per heavy atom. The highest BCUT2D eigenvalue weighted by atomic mass is 16.3. The molecule has 0 radical (unpaired) electrons. The number of fused-ring (bicyclic) bond motifs is 9. The zero-order valence-corrected chi connectivity index (χ0v) is 30.8. The first-order chi connectivity index (χ1) is 28.2. The maximum atomic E-state index is 6.39. The van der Waals surface area contributed by atoms with E-state index in [-0.39, 0.29) is 0 Å². The van der Waals surface area contributed by atoms with Gasteiger partial charge in [-0.15, -0.1) is 0 Å². The van der Waals surface area contributed by atoms with Crippen LogP contribution in [0.25, 0.3) is 110 Å². The van der Waals surface area contributed by atoms with Crippen LogP contribution in [0.2, 0.25) is 0 Å². The number of para-hydroxylation sites is 4. The fourth-order valence-corrected chi connectivity index (χ4v) is 8.93. The predicted molar refractivity (Wildman–Crippen MR) is 237 cm³/mol. The monoisotopic (exact) mass is 727 g/mol. The number of furan rings is 1. The molecule has 0 spiro atoms. The van der Waals surface area contributed by atoms with Crippen molar-refractivity contribution in [2.45, 2.75) is 0 Å². The molecule has 8 aromatic carbocycles. The zero-order chi connectivity index (χ0) is 37.5. The smallest absolute Gasteiger partial charge is 0.135 e. The summed E-state index contributed by atoms with van der Waals surface area (Å²) in [5, 5.41) is 7.16. The average molecular weight is 728 g/mol. The molecule has 0 aliphatic carbocycles. The minimum absolute atomic E-state index is 0.869. The van der Waals surface area contributed by atoms with E-state index in [0.717, 1.165) is 55.6 Å². The molecule has 0 amide bonds. The third-order valence-electron chi connectivity index (χ3n) is 11.6. The Bertz CT molecular complexity index is 3480. The molecule has 4 nitrogen and oxygen atoms in total. The number of nitrogens with zero attached hydrogens (tertiary/aromatic N) is 3. The van der Waals surface area contributed by atoms with Crippen molar-refractivity contribution in [2.24, 2.45) is 0 Å². The van der Waals surface area contributed by atoms with E-state index in [1.807, 2.05) is 12.4 Å². The van der Waals surface area contributed by atoms with Gasteiger partial charge < -0.3 is 13.6 Å². The standard InChI is InChI=1S/C53H33N3O/c1-2-13-40(14-3-1)55-50-20-9-6-17-44(50)45-29-36(21-24-51(45)55)34-11-10-12-35(27-34)38-28-39(33-54-32-38)37-22-25-52-46(30-37)47-31-41(23-26-53(47)57-52)56-48-18-7-4-15-42(48)43-16-5-8-19-49(43)56/h1-33H. The van der Waals surface area contributed by atoms with Crippen molar-refractivity contribution in [1.29, 1.82) is 0 Å². The molecule has 12 rings (SSSR count). The van der Waals surface area contributed by atoms with E-state index in [1.54, 1.807) is 0 Å². The maximum Gasteiger partial charge on any atom is 0.135 e. The highest BCUT2D eigenvalue weighted by Crippen LogP contribution is 2.39. The summed E-state index contributed by atoms with van der Waals surface area (Å²) in [6.07, 6.45) is 3.92. The van der Waals surface area contributed by atoms with E-state index in [9.17, 15) is 0 Å². The zero-order valence-electron chi connectivity index (χ0n) is 30.8. The van der Waals surface area contributed by atoms with Crippen LogP contribution in [0.1, 0.15) is 0 Å². The van der Waals surface area contributed by atoms with Crippen LogP contribution < -0.4 is 0 Å². The molecule has 266 valence electrons. The number of rotatable bonds is 5. The van der Waals surface area contributed by atoms with E-state index in [4.69, 9.17) is 9.40 Å². The van der Waals surface area contributed by atoms with Gasteiger partial charge in [0, 0.05) is 67.2 Å². The van der Waals surface area contributed by atoms with E-state index in [1.165, 1.54) is 54.7 Å². The lowest BCUT2D eigenvalue weighted by Crippen LogP contribution is -1.93. The topological polar surface area (TPSA) is 35.9 Å². The van der Waals surface area contributed by atoms with E-state index in [0.29, 0.717) is 0 Å². The third-order valence-corrected chi connectivity index (χ3v) is 11.6. The van der Waals surface area contributed by atoms with Crippen LogP contribution in [0, 0.1) is 0 Å². The van der Waals surface area contributed by atoms with Crippen LogP contribution in [0.3, 0.4) is 0 Å². The fourth-order valence-electron chi connectivity index (χ4n) is 8.93. The average Bonchev–Trinajstić information content (AvgIpc) is 3.94. The molecule has 4 heteroatoms. The van der Waals surface area contributed by atoms with Gasteiger partial charge in [0.25, 0.3) is 0 Å². The number of pyridine rings is 1. The lowest BCUT2D eigenvalue weighted by atomic mass is 9.97.